The summed E-state index contributed by atoms with van der Waals surface area (Å²) in [4.78, 5) is 18.5. The van der Waals surface area contributed by atoms with Crippen LogP contribution >= 0.6 is 0 Å². The first kappa shape index (κ1) is 19.3. The van der Waals surface area contributed by atoms with Gasteiger partial charge in [-0.1, -0.05) is 18.2 Å². The summed E-state index contributed by atoms with van der Waals surface area (Å²) in [5.74, 6) is 1.47. The minimum Gasteiger partial charge on any atom is -0.381 e. The van der Waals surface area contributed by atoms with E-state index in [0.717, 1.165) is 63.3 Å². The molecule has 158 valence electrons. The van der Waals surface area contributed by atoms with Crippen LogP contribution in [0.15, 0.2) is 36.8 Å². The number of aromatic amines is 1. The lowest BCUT2D eigenvalue weighted by Gasteiger charge is -2.37. The standard InChI is InChI=1S/C23H29N5O2/c1-27-16-25-26-22(27)19-14-28(15-23(19)9-11-30-12-10-23)21(29)8-4-5-17-13-24-20-7-3-2-6-18(17)20/h2-3,6-7,13,16,19,24H,4-5,8-12,14-15H2,1H3. The lowest BCUT2D eigenvalue weighted by Crippen LogP contribution is -2.37. The fourth-order valence-corrected chi connectivity index (χ4v) is 5.33. The van der Waals surface area contributed by atoms with Crippen molar-refractivity contribution < 1.29 is 9.53 Å². The van der Waals surface area contributed by atoms with Crippen molar-refractivity contribution in [3.63, 3.8) is 0 Å². The van der Waals surface area contributed by atoms with Gasteiger partial charge in [-0.05, 0) is 37.3 Å². The molecule has 2 aliphatic heterocycles. The normalized spacial score (nSPS) is 21.0. The van der Waals surface area contributed by atoms with Crippen LogP contribution in [0.1, 0.15) is 43.0 Å². The highest BCUT2D eigenvalue weighted by Gasteiger charge is 2.50. The van der Waals surface area contributed by atoms with Gasteiger partial charge in [-0.15, -0.1) is 10.2 Å². The monoisotopic (exact) mass is 407 g/mol. The summed E-state index contributed by atoms with van der Waals surface area (Å²) in [6.07, 6.45) is 8.14. The molecule has 2 aliphatic rings. The molecule has 4 heterocycles. The maximum atomic E-state index is 13.1. The van der Waals surface area contributed by atoms with Gasteiger partial charge in [0.25, 0.3) is 0 Å². The van der Waals surface area contributed by atoms with Gasteiger partial charge >= 0.3 is 0 Å². The number of aromatic nitrogens is 4. The summed E-state index contributed by atoms with van der Waals surface area (Å²) < 4.78 is 7.65. The van der Waals surface area contributed by atoms with Gasteiger partial charge in [0.2, 0.25) is 5.91 Å². The van der Waals surface area contributed by atoms with E-state index < -0.39 is 0 Å². The molecule has 0 bridgehead atoms. The number of H-pyrrole nitrogens is 1. The first-order valence-corrected chi connectivity index (χ1v) is 10.9. The molecule has 5 rings (SSSR count). The van der Waals surface area contributed by atoms with Crippen molar-refractivity contribution in [1.82, 2.24) is 24.6 Å². The Bertz CT molecular complexity index is 1030. The molecule has 1 aromatic carbocycles. The second-order valence-electron chi connectivity index (χ2n) is 8.81. The van der Waals surface area contributed by atoms with Gasteiger partial charge in [-0.3, -0.25) is 4.79 Å². The summed E-state index contributed by atoms with van der Waals surface area (Å²) in [6, 6.07) is 8.34. The lowest BCUT2D eigenvalue weighted by molar-refractivity contribution is -0.131. The highest BCUT2D eigenvalue weighted by atomic mass is 16.5. The molecule has 2 saturated heterocycles. The van der Waals surface area contributed by atoms with Gasteiger partial charge < -0.3 is 19.2 Å². The first-order chi connectivity index (χ1) is 14.7. The third-order valence-corrected chi connectivity index (χ3v) is 7.06. The molecule has 1 unspecified atom stereocenters. The number of fused-ring (bicyclic) bond motifs is 1. The Morgan fingerprint density at radius 1 is 1.30 bits per heavy atom. The smallest absolute Gasteiger partial charge is 0.222 e. The van der Waals surface area contributed by atoms with E-state index in [1.54, 1.807) is 6.33 Å². The van der Waals surface area contributed by atoms with Crippen molar-refractivity contribution in [3.05, 3.63) is 48.2 Å². The van der Waals surface area contributed by atoms with E-state index in [0.29, 0.717) is 6.42 Å². The molecule has 1 atom stereocenters. The van der Waals surface area contributed by atoms with E-state index in [2.05, 4.69) is 44.5 Å². The van der Waals surface area contributed by atoms with Crippen LogP contribution in [-0.4, -0.2) is 56.9 Å². The molecular formula is C23H29N5O2. The number of carbonyl (C=O) groups is 1. The summed E-state index contributed by atoms with van der Waals surface area (Å²) in [5.41, 5.74) is 2.51. The third kappa shape index (κ3) is 3.41. The topological polar surface area (TPSA) is 76.0 Å². The molecular weight excluding hydrogens is 378 g/mol. The zero-order valence-corrected chi connectivity index (χ0v) is 17.5. The summed E-state index contributed by atoms with van der Waals surface area (Å²) >= 11 is 0. The summed E-state index contributed by atoms with van der Waals surface area (Å²) in [6.45, 7) is 3.06. The van der Waals surface area contributed by atoms with Crippen LogP contribution in [0.4, 0.5) is 0 Å². The average Bonchev–Trinajstić information content (AvgIpc) is 3.46. The number of para-hydroxylation sites is 1. The number of nitrogens with one attached hydrogen (secondary N) is 1. The van der Waals surface area contributed by atoms with Crippen LogP contribution in [0.25, 0.3) is 10.9 Å². The highest BCUT2D eigenvalue weighted by molar-refractivity contribution is 5.83. The Balaban J connectivity index is 1.26. The number of rotatable bonds is 5. The van der Waals surface area contributed by atoms with E-state index >= 15 is 0 Å². The molecule has 3 aromatic rings. The van der Waals surface area contributed by atoms with Crippen molar-refractivity contribution in [1.29, 1.82) is 0 Å². The number of ether oxygens (including phenoxy) is 1. The number of benzene rings is 1. The summed E-state index contributed by atoms with van der Waals surface area (Å²) in [5, 5.41) is 9.75. The van der Waals surface area contributed by atoms with Crippen LogP contribution in [0, 0.1) is 5.41 Å². The molecule has 2 aromatic heterocycles. The molecule has 1 spiro atoms. The Kier molecular flexibility index (Phi) is 5.06. The largest absolute Gasteiger partial charge is 0.381 e. The van der Waals surface area contributed by atoms with Crippen molar-refractivity contribution in [2.75, 3.05) is 26.3 Å². The zero-order chi connectivity index (χ0) is 20.6. The van der Waals surface area contributed by atoms with Gasteiger partial charge in [0, 0.05) is 68.2 Å². The minimum atomic E-state index is 0.0611. The number of aryl methyl sites for hydroxylation is 2. The molecule has 0 aliphatic carbocycles. The molecule has 7 nitrogen and oxygen atoms in total. The van der Waals surface area contributed by atoms with E-state index in [1.165, 1.54) is 10.9 Å². The predicted molar refractivity (Wildman–Crippen MR) is 114 cm³/mol. The highest BCUT2D eigenvalue weighted by Crippen LogP contribution is 2.49. The van der Waals surface area contributed by atoms with Gasteiger partial charge in [0.05, 0.1) is 0 Å². The second kappa shape index (κ2) is 7.87. The van der Waals surface area contributed by atoms with Crippen LogP contribution < -0.4 is 0 Å². The first-order valence-electron chi connectivity index (χ1n) is 10.9. The Morgan fingerprint density at radius 3 is 2.93 bits per heavy atom. The average molecular weight is 408 g/mol. The number of likely N-dealkylation sites (tertiary alicyclic amines) is 1. The Hall–Kier alpha value is -2.67. The predicted octanol–water partition coefficient (Wildman–Crippen LogP) is 3.04. The van der Waals surface area contributed by atoms with Crippen molar-refractivity contribution in [2.45, 2.75) is 38.0 Å². The third-order valence-electron chi connectivity index (χ3n) is 7.06. The van der Waals surface area contributed by atoms with Gasteiger partial charge in [-0.25, -0.2) is 0 Å². The SMILES string of the molecule is Cn1cnnc1C1CN(C(=O)CCCc2c[nH]c3ccccc23)CC12CCOCC2. The number of hydrogen-bond donors (Lipinski definition) is 1. The van der Waals surface area contributed by atoms with Crippen molar-refractivity contribution >= 4 is 16.8 Å². The van der Waals surface area contributed by atoms with E-state index in [1.807, 2.05) is 17.7 Å². The van der Waals surface area contributed by atoms with Crippen LogP contribution in [0.3, 0.4) is 0 Å². The molecule has 1 N–H and O–H groups in total. The number of hydrogen-bond acceptors (Lipinski definition) is 4. The molecule has 1 amide bonds. The van der Waals surface area contributed by atoms with Crippen LogP contribution in [0.2, 0.25) is 0 Å². The van der Waals surface area contributed by atoms with Crippen LogP contribution in [-0.2, 0) is 23.0 Å². The number of nitrogens with zero attached hydrogens (tertiary/aromatic N) is 4. The lowest BCUT2D eigenvalue weighted by atomic mass is 9.72. The van der Waals surface area contributed by atoms with Crippen molar-refractivity contribution in [2.24, 2.45) is 12.5 Å². The molecule has 30 heavy (non-hydrogen) atoms. The number of carbonyl (C=O) groups excluding carboxylic acids is 1. The minimum absolute atomic E-state index is 0.0611. The van der Waals surface area contributed by atoms with Gasteiger partial charge in [0.1, 0.15) is 12.2 Å². The van der Waals surface area contributed by atoms with Gasteiger partial charge in [-0.2, -0.15) is 0 Å². The van der Waals surface area contributed by atoms with Gasteiger partial charge in [0.15, 0.2) is 0 Å². The quantitative estimate of drug-likeness (QED) is 0.705. The Morgan fingerprint density at radius 2 is 2.13 bits per heavy atom. The molecule has 2 fully saturated rings. The molecule has 0 radical (unpaired) electrons. The number of amides is 1. The molecule has 0 saturated carbocycles. The maximum Gasteiger partial charge on any atom is 0.222 e. The van der Waals surface area contributed by atoms with Crippen LogP contribution in [0.5, 0.6) is 0 Å². The van der Waals surface area contributed by atoms with Crippen molar-refractivity contribution in [3.8, 4) is 0 Å². The fraction of sp³-hybridized carbons (Fsp3) is 0.522. The fourth-order valence-electron chi connectivity index (χ4n) is 5.33. The Labute approximate surface area is 176 Å². The maximum absolute atomic E-state index is 13.1. The zero-order valence-electron chi connectivity index (χ0n) is 17.5. The summed E-state index contributed by atoms with van der Waals surface area (Å²) in [7, 11) is 1.99. The van der Waals surface area contributed by atoms with E-state index in [4.69, 9.17) is 4.74 Å². The van der Waals surface area contributed by atoms with E-state index in [9.17, 15) is 4.79 Å². The second-order valence-corrected chi connectivity index (χ2v) is 8.81. The molecule has 7 heteroatoms. The van der Waals surface area contributed by atoms with E-state index in [-0.39, 0.29) is 17.2 Å².